The standard InChI is InChI=1S/C14H12O2.Na.H/c15-14(13-9-5-2-6-10-13)16-11-12-7-3-1-4-8-12;;/h1-10H,11H2;;. The number of hydrogen-bond acceptors (Lipinski definition) is 2. The molecule has 0 bridgehead atoms. The number of benzene rings is 2. The molecule has 0 aliphatic heterocycles. The first kappa shape index (κ1) is 14.0. The fourth-order valence-corrected chi connectivity index (χ4v) is 1.38. The molecule has 0 fully saturated rings. The molecule has 2 aromatic rings. The van der Waals surface area contributed by atoms with Gasteiger partial charge in [0.15, 0.2) is 0 Å². The molecular weight excluding hydrogens is 223 g/mol. The molecule has 0 heterocycles. The first-order chi connectivity index (χ1) is 7.86. The normalized spacial score (nSPS) is 9.18. The van der Waals surface area contributed by atoms with Crippen molar-refractivity contribution in [3.05, 3.63) is 71.8 Å². The molecular formula is C14H13NaO2. The molecule has 0 unspecified atom stereocenters. The van der Waals surface area contributed by atoms with Crippen LogP contribution in [-0.2, 0) is 11.3 Å². The molecule has 0 saturated heterocycles. The molecule has 2 aromatic carbocycles. The maximum atomic E-state index is 11.6. The number of rotatable bonds is 3. The van der Waals surface area contributed by atoms with E-state index in [-0.39, 0.29) is 35.5 Å². The van der Waals surface area contributed by atoms with Gasteiger partial charge in [0.25, 0.3) is 0 Å². The van der Waals surface area contributed by atoms with Gasteiger partial charge < -0.3 is 4.74 Å². The van der Waals surface area contributed by atoms with Crippen LogP contribution in [0.2, 0.25) is 0 Å². The third-order valence-electron chi connectivity index (χ3n) is 2.22. The first-order valence-electron chi connectivity index (χ1n) is 5.12. The van der Waals surface area contributed by atoms with E-state index in [2.05, 4.69) is 0 Å². The fraction of sp³-hybridized carbons (Fsp3) is 0.0714. The zero-order valence-corrected chi connectivity index (χ0v) is 8.80. The Balaban J connectivity index is 0.00000144. The topological polar surface area (TPSA) is 26.3 Å². The molecule has 0 radical (unpaired) electrons. The average molecular weight is 236 g/mol. The average Bonchev–Trinajstić information content (AvgIpc) is 2.38. The van der Waals surface area contributed by atoms with Crippen molar-refractivity contribution in [2.24, 2.45) is 0 Å². The number of hydrogen-bond donors (Lipinski definition) is 0. The van der Waals surface area contributed by atoms with E-state index in [9.17, 15) is 4.79 Å². The fourth-order valence-electron chi connectivity index (χ4n) is 1.38. The van der Waals surface area contributed by atoms with E-state index in [0.29, 0.717) is 12.2 Å². The summed E-state index contributed by atoms with van der Waals surface area (Å²) in [6, 6.07) is 18.6. The van der Waals surface area contributed by atoms with Crippen LogP contribution in [0.4, 0.5) is 0 Å². The molecule has 0 aromatic heterocycles. The van der Waals surface area contributed by atoms with Crippen LogP contribution < -0.4 is 0 Å². The van der Waals surface area contributed by atoms with Gasteiger partial charge in [-0.2, -0.15) is 0 Å². The van der Waals surface area contributed by atoms with Crippen LogP contribution >= 0.6 is 0 Å². The van der Waals surface area contributed by atoms with Gasteiger partial charge >= 0.3 is 35.5 Å². The van der Waals surface area contributed by atoms with Gasteiger partial charge in [-0.05, 0) is 17.7 Å². The van der Waals surface area contributed by atoms with E-state index in [1.54, 1.807) is 12.1 Å². The molecule has 0 N–H and O–H groups in total. The SMILES string of the molecule is O=C(OCc1ccccc1)c1ccccc1.[NaH]. The summed E-state index contributed by atoms with van der Waals surface area (Å²) in [6.45, 7) is 0.314. The Labute approximate surface area is 123 Å². The van der Waals surface area contributed by atoms with Crippen LogP contribution in [0.3, 0.4) is 0 Å². The molecule has 2 rings (SSSR count). The van der Waals surface area contributed by atoms with Crippen molar-refractivity contribution in [1.29, 1.82) is 0 Å². The van der Waals surface area contributed by atoms with E-state index in [0.717, 1.165) is 5.56 Å². The van der Waals surface area contributed by atoms with Gasteiger partial charge in [-0.3, -0.25) is 0 Å². The summed E-state index contributed by atoms with van der Waals surface area (Å²) in [4.78, 5) is 11.6. The van der Waals surface area contributed by atoms with Gasteiger partial charge in [0, 0.05) is 0 Å². The molecule has 0 aliphatic rings. The first-order valence-corrected chi connectivity index (χ1v) is 5.12. The molecule has 82 valence electrons. The van der Waals surface area contributed by atoms with Crippen molar-refractivity contribution in [2.75, 3.05) is 0 Å². The molecule has 0 saturated carbocycles. The monoisotopic (exact) mass is 236 g/mol. The number of esters is 1. The summed E-state index contributed by atoms with van der Waals surface area (Å²) in [5.41, 5.74) is 1.57. The predicted molar refractivity (Wildman–Crippen MR) is 69.2 cm³/mol. The second-order valence-electron chi connectivity index (χ2n) is 3.43. The third kappa shape index (κ3) is 4.35. The van der Waals surface area contributed by atoms with E-state index in [1.807, 2.05) is 48.5 Å². The van der Waals surface area contributed by atoms with Crippen molar-refractivity contribution < 1.29 is 9.53 Å². The Hall–Kier alpha value is -1.09. The molecule has 3 heteroatoms. The Morgan fingerprint density at radius 2 is 1.41 bits per heavy atom. The molecule has 0 spiro atoms. The zero-order chi connectivity index (χ0) is 11.2. The molecule has 0 aliphatic carbocycles. The van der Waals surface area contributed by atoms with E-state index in [4.69, 9.17) is 4.74 Å². The van der Waals surface area contributed by atoms with Gasteiger partial charge in [0.05, 0.1) is 5.56 Å². The number of ether oxygens (including phenoxy) is 1. The molecule has 0 amide bonds. The van der Waals surface area contributed by atoms with Crippen LogP contribution in [0.15, 0.2) is 60.7 Å². The van der Waals surface area contributed by atoms with Crippen molar-refractivity contribution in [3.63, 3.8) is 0 Å². The minimum absolute atomic E-state index is 0. The minimum atomic E-state index is -0.288. The number of carbonyl (C=O) groups excluding carboxylic acids is 1. The van der Waals surface area contributed by atoms with Gasteiger partial charge in [-0.1, -0.05) is 48.5 Å². The summed E-state index contributed by atoms with van der Waals surface area (Å²) in [6.07, 6.45) is 0. The van der Waals surface area contributed by atoms with Crippen molar-refractivity contribution in [1.82, 2.24) is 0 Å². The van der Waals surface area contributed by atoms with Crippen molar-refractivity contribution >= 4 is 35.5 Å². The van der Waals surface area contributed by atoms with Gasteiger partial charge in [0.2, 0.25) is 0 Å². The van der Waals surface area contributed by atoms with Gasteiger partial charge in [-0.15, -0.1) is 0 Å². The predicted octanol–water partition coefficient (Wildman–Crippen LogP) is 2.40. The quantitative estimate of drug-likeness (QED) is 0.604. The second kappa shape index (κ2) is 7.28. The van der Waals surface area contributed by atoms with Crippen LogP contribution in [-0.4, -0.2) is 35.5 Å². The summed E-state index contributed by atoms with van der Waals surface area (Å²) < 4.78 is 5.18. The van der Waals surface area contributed by atoms with Crippen LogP contribution in [0.1, 0.15) is 15.9 Å². The van der Waals surface area contributed by atoms with Crippen molar-refractivity contribution in [2.45, 2.75) is 6.61 Å². The molecule has 17 heavy (non-hydrogen) atoms. The van der Waals surface area contributed by atoms with E-state index >= 15 is 0 Å². The summed E-state index contributed by atoms with van der Waals surface area (Å²) in [7, 11) is 0. The Morgan fingerprint density at radius 3 is 2.00 bits per heavy atom. The Bertz CT molecular complexity index is 454. The maximum absolute atomic E-state index is 11.6. The van der Waals surface area contributed by atoms with E-state index < -0.39 is 0 Å². The van der Waals surface area contributed by atoms with Crippen molar-refractivity contribution in [3.8, 4) is 0 Å². The Morgan fingerprint density at radius 1 is 0.882 bits per heavy atom. The van der Waals surface area contributed by atoms with Crippen LogP contribution in [0, 0.1) is 0 Å². The third-order valence-corrected chi connectivity index (χ3v) is 2.22. The van der Waals surface area contributed by atoms with Gasteiger partial charge in [-0.25, -0.2) is 4.79 Å². The molecule has 0 atom stereocenters. The Kier molecular flexibility index (Phi) is 5.98. The van der Waals surface area contributed by atoms with Crippen LogP contribution in [0.25, 0.3) is 0 Å². The summed E-state index contributed by atoms with van der Waals surface area (Å²) >= 11 is 0. The number of carbonyl (C=O) groups is 1. The molecule has 2 nitrogen and oxygen atoms in total. The van der Waals surface area contributed by atoms with Crippen LogP contribution in [0.5, 0.6) is 0 Å². The second-order valence-corrected chi connectivity index (χ2v) is 3.43. The zero-order valence-electron chi connectivity index (χ0n) is 8.80. The van der Waals surface area contributed by atoms with E-state index in [1.165, 1.54) is 0 Å². The van der Waals surface area contributed by atoms with Gasteiger partial charge in [0.1, 0.15) is 6.61 Å². The summed E-state index contributed by atoms with van der Waals surface area (Å²) in [5.74, 6) is -0.288. The summed E-state index contributed by atoms with van der Waals surface area (Å²) in [5, 5.41) is 0.